The van der Waals surface area contributed by atoms with Gasteiger partial charge in [0.05, 0.1) is 22.5 Å². The Morgan fingerprint density at radius 2 is 1.67 bits per heavy atom. The highest BCUT2D eigenvalue weighted by Crippen LogP contribution is 2.26. The van der Waals surface area contributed by atoms with Crippen molar-refractivity contribution in [3.05, 3.63) is 84.2 Å². The second-order valence-corrected chi connectivity index (χ2v) is 8.42. The number of aromatic nitrogens is 3. The van der Waals surface area contributed by atoms with Gasteiger partial charge >= 0.3 is 0 Å². The fourth-order valence-corrected chi connectivity index (χ4v) is 4.04. The average molecular weight is 420 g/mol. The molecule has 0 aliphatic carbocycles. The van der Waals surface area contributed by atoms with Crippen LogP contribution in [0.4, 0.5) is 5.82 Å². The Bertz CT molecular complexity index is 1280. The van der Waals surface area contributed by atoms with E-state index in [2.05, 4.69) is 19.7 Å². The number of anilines is 1. The van der Waals surface area contributed by atoms with Gasteiger partial charge in [-0.1, -0.05) is 24.3 Å². The summed E-state index contributed by atoms with van der Waals surface area (Å²) in [7, 11) is -3.84. The number of aryl methyl sites for hydroxylation is 1. The molecule has 4 rings (SSSR count). The molecule has 30 heavy (non-hydrogen) atoms. The zero-order valence-electron chi connectivity index (χ0n) is 16.3. The molecular weight excluding hydrogens is 400 g/mol. The van der Waals surface area contributed by atoms with Crippen molar-refractivity contribution in [3.8, 4) is 5.88 Å². The van der Waals surface area contributed by atoms with Gasteiger partial charge in [0.2, 0.25) is 5.82 Å². The van der Waals surface area contributed by atoms with Crippen LogP contribution in [0.1, 0.15) is 11.1 Å². The lowest BCUT2D eigenvalue weighted by molar-refractivity contribution is 0.311. The van der Waals surface area contributed by atoms with Crippen molar-refractivity contribution in [1.29, 1.82) is 0 Å². The molecule has 0 bridgehead atoms. The van der Waals surface area contributed by atoms with E-state index in [0.29, 0.717) is 24.1 Å². The van der Waals surface area contributed by atoms with E-state index in [1.165, 1.54) is 6.07 Å². The number of fused-ring (bicyclic) bond motifs is 1. The summed E-state index contributed by atoms with van der Waals surface area (Å²) in [5, 5.41) is 0. The molecule has 0 atom stereocenters. The number of ether oxygens (including phenoxy) is 1. The van der Waals surface area contributed by atoms with E-state index in [1.54, 1.807) is 36.7 Å². The molecule has 4 aromatic rings. The van der Waals surface area contributed by atoms with E-state index in [9.17, 15) is 8.42 Å². The van der Waals surface area contributed by atoms with Crippen LogP contribution in [-0.2, 0) is 16.4 Å². The first-order chi connectivity index (χ1) is 14.5. The summed E-state index contributed by atoms with van der Waals surface area (Å²) >= 11 is 0. The number of hydrogen-bond donors (Lipinski definition) is 1. The van der Waals surface area contributed by atoms with Crippen LogP contribution in [0.5, 0.6) is 5.88 Å². The molecule has 0 spiro atoms. The van der Waals surface area contributed by atoms with E-state index in [-0.39, 0.29) is 16.6 Å². The number of nitrogens with one attached hydrogen (secondary N) is 1. The van der Waals surface area contributed by atoms with Crippen LogP contribution in [0.3, 0.4) is 0 Å². The fraction of sp³-hybridized carbons (Fsp3) is 0.136. The van der Waals surface area contributed by atoms with Crippen molar-refractivity contribution >= 4 is 26.9 Å². The summed E-state index contributed by atoms with van der Waals surface area (Å²) in [6.45, 7) is 2.15. The van der Waals surface area contributed by atoms with Crippen molar-refractivity contribution < 1.29 is 13.2 Å². The molecule has 1 N–H and O–H groups in total. The number of nitrogens with zero attached hydrogens (tertiary/aromatic N) is 3. The Labute approximate surface area is 174 Å². The van der Waals surface area contributed by atoms with Crippen molar-refractivity contribution in [2.75, 3.05) is 11.3 Å². The van der Waals surface area contributed by atoms with Gasteiger partial charge in [-0.25, -0.2) is 18.4 Å². The lowest BCUT2D eigenvalue weighted by Crippen LogP contribution is -2.16. The van der Waals surface area contributed by atoms with Crippen LogP contribution in [0.25, 0.3) is 11.0 Å². The monoisotopic (exact) mass is 420 g/mol. The zero-order chi connectivity index (χ0) is 21.0. The van der Waals surface area contributed by atoms with Crippen molar-refractivity contribution in [2.24, 2.45) is 0 Å². The maximum Gasteiger partial charge on any atom is 0.263 e. The topological polar surface area (TPSA) is 94.1 Å². The highest BCUT2D eigenvalue weighted by Gasteiger charge is 2.20. The largest absolute Gasteiger partial charge is 0.475 e. The second kappa shape index (κ2) is 8.46. The quantitative estimate of drug-likeness (QED) is 0.489. The molecule has 0 amide bonds. The van der Waals surface area contributed by atoms with Crippen LogP contribution in [0.15, 0.2) is 78.0 Å². The highest BCUT2D eigenvalue weighted by molar-refractivity contribution is 7.92. The van der Waals surface area contributed by atoms with Crippen LogP contribution in [-0.4, -0.2) is 30.0 Å². The first-order valence-electron chi connectivity index (χ1n) is 9.39. The van der Waals surface area contributed by atoms with Gasteiger partial charge in [-0.2, -0.15) is 0 Å². The number of pyridine rings is 1. The van der Waals surface area contributed by atoms with E-state index >= 15 is 0 Å². The third kappa shape index (κ3) is 4.55. The molecule has 0 fully saturated rings. The highest BCUT2D eigenvalue weighted by atomic mass is 32.2. The minimum atomic E-state index is -3.84. The molecule has 0 aliphatic heterocycles. The summed E-state index contributed by atoms with van der Waals surface area (Å²) in [4.78, 5) is 13.1. The number of sulfonamides is 1. The van der Waals surface area contributed by atoms with Gasteiger partial charge in [-0.15, -0.1) is 0 Å². The third-order valence-corrected chi connectivity index (χ3v) is 5.78. The molecule has 2 aromatic carbocycles. The van der Waals surface area contributed by atoms with Gasteiger partial charge < -0.3 is 4.74 Å². The Hall–Kier alpha value is -3.52. The lowest BCUT2D eigenvalue weighted by Gasteiger charge is -2.13. The second-order valence-electron chi connectivity index (χ2n) is 6.74. The van der Waals surface area contributed by atoms with E-state index in [1.807, 2.05) is 37.3 Å². The molecule has 0 saturated carbocycles. The van der Waals surface area contributed by atoms with E-state index in [0.717, 1.165) is 11.1 Å². The molecule has 2 aromatic heterocycles. The smallest absolute Gasteiger partial charge is 0.263 e. The fourth-order valence-electron chi connectivity index (χ4n) is 2.93. The normalized spacial score (nSPS) is 11.4. The minimum Gasteiger partial charge on any atom is -0.475 e. The molecule has 0 aliphatic rings. The lowest BCUT2D eigenvalue weighted by atomic mass is 10.2. The molecule has 7 nitrogen and oxygen atoms in total. The van der Waals surface area contributed by atoms with Crippen LogP contribution < -0.4 is 9.46 Å². The van der Waals surface area contributed by atoms with Gasteiger partial charge in [-0.05, 0) is 54.4 Å². The molecule has 152 valence electrons. The Morgan fingerprint density at radius 3 is 2.40 bits per heavy atom. The van der Waals surface area contributed by atoms with Gasteiger partial charge in [0.25, 0.3) is 15.9 Å². The molecule has 2 heterocycles. The van der Waals surface area contributed by atoms with E-state index < -0.39 is 10.0 Å². The van der Waals surface area contributed by atoms with Gasteiger partial charge in [0.1, 0.15) is 0 Å². The number of hydrogen-bond acceptors (Lipinski definition) is 6. The molecule has 0 radical (unpaired) electrons. The maximum atomic E-state index is 12.9. The van der Waals surface area contributed by atoms with Crippen LogP contribution in [0.2, 0.25) is 0 Å². The Kier molecular flexibility index (Phi) is 5.58. The predicted molar refractivity (Wildman–Crippen MR) is 115 cm³/mol. The number of rotatable bonds is 7. The summed E-state index contributed by atoms with van der Waals surface area (Å²) in [6.07, 6.45) is 4.06. The molecule has 0 saturated heterocycles. The van der Waals surface area contributed by atoms with Gasteiger partial charge in [0, 0.05) is 18.8 Å². The van der Waals surface area contributed by atoms with Crippen molar-refractivity contribution in [3.63, 3.8) is 0 Å². The maximum absolute atomic E-state index is 12.9. The minimum absolute atomic E-state index is 0.0601. The van der Waals surface area contributed by atoms with Crippen LogP contribution in [0, 0.1) is 6.92 Å². The Balaban J connectivity index is 1.64. The third-order valence-electron chi connectivity index (χ3n) is 4.45. The summed E-state index contributed by atoms with van der Waals surface area (Å²) in [5.41, 5.74) is 3.09. The molecule has 0 unspecified atom stereocenters. The van der Waals surface area contributed by atoms with Crippen molar-refractivity contribution in [1.82, 2.24) is 15.0 Å². The summed E-state index contributed by atoms with van der Waals surface area (Å²) in [6, 6.07) is 17.7. The number of para-hydroxylation sites is 2. The Morgan fingerprint density at radius 1 is 0.933 bits per heavy atom. The SMILES string of the molecule is Cc1cccc(S(=O)(=O)Nc2nc3ccccc3nc2OCCc2ccncc2)c1. The van der Waals surface area contributed by atoms with Crippen molar-refractivity contribution in [2.45, 2.75) is 18.2 Å². The molecular formula is C22H20N4O3S. The zero-order valence-corrected chi connectivity index (χ0v) is 17.1. The van der Waals surface area contributed by atoms with Crippen LogP contribution >= 0.6 is 0 Å². The first kappa shape index (κ1) is 19.8. The van der Waals surface area contributed by atoms with Gasteiger partial charge in [-0.3, -0.25) is 9.71 Å². The summed E-state index contributed by atoms with van der Waals surface area (Å²) in [5.74, 6) is 0.198. The predicted octanol–water partition coefficient (Wildman–Crippen LogP) is 3.76. The molecule has 8 heteroatoms. The standard InChI is InChI=1S/C22H20N4O3S/c1-16-5-4-6-18(15-16)30(27,28)26-21-22(25-20-8-3-2-7-19(20)24-21)29-14-11-17-9-12-23-13-10-17/h2-10,12-13,15H,11,14H2,1H3,(H,24,26). The first-order valence-corrected chi connectivity index (χ1v) is 10.9. The summed E-state index contributed by atoms with van der Waals surface area (Å²) < 4.78 is 34.2. The average Bonchev–Trinajstić information content (AvgIpc) is 2.74. The number of benzene rings is 2. The van der Waals surface area contributed by atoms with Gasteiger partial charge in [0.15, 0.2) is 0 Å². The van der Waals surface area contributed by atoms with E-state index in [4.69, 9.17) is 4.74 Å².